The Kier molecular flexibility index (Phi) is 71.8. The monoisotopic (exact) mass is 1490 g/mol. The summed E-state index contributed by atoms with van der Waals surface area (Å²) in [6, 6.07) is 0. The Morgan fingerprint density at radius 3 is 0.667 bits per heavy atom. The number of carbonyl (C=O) groups is 4. The van der Waals surface area contributed by atoms with Gasteiger partial charge in [-0.2, -0.15) is 0 Å². The van der Waals surface area contributed by atoms with Gasteiger partial charge in [0.25, 0.3) is 0 Å². The van der Waals surface area contributed by atoms with Crippen LogP contribution >= 0.6 is 15.6 Å². The summed E-state index contributed by atoms with van der Waals surface area (Å²) in [7, 11) is -9.92. The zero-order chi connectivity index (χ0) is 75.1. The first-order valence-corrected chi connectivity index (χ1v) is 45.8. The third-order valence-electron chi connectivity index (χ3n) is 19.4. The van der Waals surface area contributed by atoms with Gasteiger partial charge in [0.2, 0.25) is 0 Å². The first kappa shape index (κ1) is 100. The van der Waals surface area contributed by atoms with E-state index in [1.165, 1.54) is 244 Å². The molecule has 2 unspecified atom stereocenters. The first-order chi connectivity index (χ1) is 49.2. The fraction of sp³-hybridized carbons (Fsp3) is 0.952. The van der Waals surface area contributed by atoms with Crippen molar-refractivity contribution in [1.82, 2.24) is 0 Å². The Morgan fingerprint density at radius 1 is 0.265 bits per heavy atom. The van der Waals surface area contributed by atoms with E-state index in [1.807, 2.05) is 0 Å². The van der Waals surface area contributed by atoms with Crippen LogP contribution in [0.3, 0.4) is 0 Å². The number of hydrogen-bond donors (Lipinski definition) is 3. The van der Waals surface area contributed by atoms with Crippen molar-refractivity contribution in [2.75, 3.05) is 39.6 Å². The van der Waals surface area contributed by atoms with Gasteiger partial charge in [-0.3, -0.25) is 37.3 Å². The molecule has 0 spiro atoms. The van der Waals surface area contributed by atoms with Crippen molar-refractivity contribution in [1.29, 1.82) is 0 Å². The number of rotatable bonds is 81. The Balaban J connectivity index is 5.25. The lowest BCUT2D eigenvalue weighted by Gasteiger charge is -2.21. The Labute approximate surface area is 626 Å². The molecule has 17 nitrogen and oxygen atoms in total. The van der Waals surface area contributed by atoms with Crippen LogP contribution < -0.4 is 0 Å². The summed E-state index contributed by atoms with van der Waals surface area (Å²) in [5, 5.41) is 10.7. The summed E-state index contributed by atoms with van der Waals surface area (Å²) in [6.07, 6.45) is 62.4. The number of hydrogen-bond acceptors (Lipinski definition) is 15. The summed E-state index contributed by atoms with van der Waals surface area (Å²) < 4.78 is 68.8. The lowest BCUT2D eigenvalue weighted by Crippen LogP contribution is -2.30. The highest BCUT2D eigenvalue weighted by Gasteiger charge is 2.30. The highest BCUT2D eigenvalue weighted by atomic mass is 31.2. The molecule has 0 aromatic rings. The van der Waals surface area contributed by atoms with Gasteiger partial charge in [0.1, 0.15) is 19.3 Å². The van der Waals surface area contributed by atoms with Gasteiger partial charge in [-0.1, -0.05) is 382 Å². The topological polar surface area (TPSA) is 237 Å². The minimum Gasteiger partial charge on any atom is -0.462 e. The van der Waals surface area contributed by atoms with Gasteiger partial charge in [0, 0.05) is 25.7 Å². The van der Waals surface area contributed by atoms with Crippen LogP contribution in [0.15, 0.2) is 0 Å². The smallest absolute Gasteiger partial charge is 0.462 e. The van der Waals surface area contributed by atoms with Gasteiger partial charge < -0.3 is 33.8 Å². The highest BCUT2D eigenvalue weighted by molar-refractivity contribution is 7.47. The minimum atomic E-state index is -4.96. The fourth-order valence-corrected chi connectivity index (χ4v) is 14.4. The van der Waals surface area contributed by atoms with Crippen molar-refractivity contribution < 1.29 is 80.2 Å². The molecule has 102 heavy (non-hydrogen) atoms. The molecule has 0 aliphatic rings. The Hall–Kier alpha value is -1.94. The molecule has 0 bridgehead atoms. The van der Waals surface area contributed by atoms with Crippen LogP contribution in [-0.4, -0.2) is 96.7 Å². The first-order valence-electron chi connectivity index (χ1n) is 42.8. The van der Waals surface area contributed by atoms with Crippen LogP contribution in [0.1, 0.15) is 434 Å². The summed E-state index contributed by atoms with van der Waals surface area (Å²) in [5.41, 5.74) is 0. The van der Waals surface area contributed by atoms with E-state index in [2.05, 4.69) is 48.5 Å². The molecule has 19 heteroatoms. The molecule has 0 saturated carbocycles. The van der Waals surface area contributed by atoms with E-state index in [1.54, 1.807) is 0 Å². The van der Waals surface area contributed by atoms with Crippen LogP contribution in [0, 0.1) is 17.8 Å². The van der Waals surface area contributed by atoms with Gasteiger partial charge in [0.15, 0.2) is 12.2 Å². The predicted octanol–water partition coefficient (Wildman–Crippen LogP) is 24.9. The molecule has 0 aromatic heterocycles. The molecule has 5 atom stereocenters. The molecule has 0 aliphatic heterocycles. The third kappa shape index (κ3) is 76.3. The van der Waals surface area contributed by atoms with E-state index < -0.39 is 97.5 Å². The molecule has 0 saturated heterocycles. The van der Waals surface area contributed by atoms with Gasteiger partial charge in [-0.25, -0.2) is 9.13 Å². The largest absolute Gasteiger partial charge is 0.472 e. The molecule has 3 N–H and O–H groups in total. The number of carbonyl (C=O) groups excluding carboxylic acids is 4. The number of esters is 4. The van der Waals surface area contributed by atoms with E-state index in [0.29, 0.717) is 25.7 Å². The molecule has 0 fully saturated rings. The number of phosphoric ester groups is 2. The normalized spacial score (nSPS) is 13.9. The number of unbranched alkanes of at least 4 members (excludes halogenated alkanes) is 49. The van der Waals surface area contributed by atoms with Crippen LogP contribution in [0.4, 0.5) is 0 Å². The molecule has 0 radical (unpaired) electrons. The summed E-state index contributed by atoms with van der Waals surface area (Å²) in [6.45, 7) is 12.0. The standard InChI is InChI=1S/C83H162O17P2/c1-8-9-10-11-12-13-14-15-16-17-21-24-30-35-43-50-57-64-80(85)93-70-78(99-82(87)66-59-52-45-36-31-25-22-19-18-20-23-28-33-40-47-54-61-74(2)3)72-97-101(89,90)95-68-77(84)69-96-102(91,92)98-73-79(71-94-81(86)65-58-51-44-39-38-42-49-56-63-76(6)7)100-83(88)67-60-53-46-37-32-27-26-29-34-41-48-55-62-75(4)5/h74-79,84H,8-73H2,1-7H3,(H,89,90)(H,91,92)/t77-,78-,79-/m1/s1. The summed E-state index contributed by atoms with van der Waals surface area (Å²) in [5.74, 6) is 0.204. The molecule has 0 amide bonds. The van der Waals surface area contributed by atoms with Crippen LogP contribution in [0.2, 0.25) is 0 Å². The van der Waals surface area contributed by atoms with Crippen LogP contribution in [-0.2, 0) is 65.4 Å². The van der Waals surface area contributed by atoms with Crippen molar-refractivity contribution in [3.05, 3.63) is 0 Å². The molecule has 0 aliphatic carbocycles. The second-order valence-corrected chi connectivity index (χ2v) is 34.2. The van der Waals surface area contributed by atoms with Crippen molar-refractivity contribution in [2.24, 2.45) is 17.8 Å². The molecule has 0 aromatic carbocycles. The van der Waals surface area contributed by atoms with Crippen LogP contribution in [0.5, 0.6) is 0 Å². The molecule has 0 heterocycles. The van der Waals surface area contributed by atoms with Crippen molar-refractivity contribution in [2.45, 2.75) is 452 Å². The molecule has 0 rings (SSSR count). The summed E-state index contributed by atoms with van der Waals surface area (Å²) >= 11 is 0. The van der Waals surface area contributed by atoms with E-state index in [9.17, 15) is 43.2 Å². The third-order valence-corrected chi connectivity index (χ3v) is 21.3. The average molecular weight is 1490 g/mol. The fourth-order valence-electron chi connectivity index (χ4n) is 12.8. The maximum Gasteiger partial charge on any atom is 0.472 e. The molecular weight excluding hydrogens is 1330 g/mol. The highest BCUT2D eigenvalue weighted by Crippen LogP contribution is 2.45. The number of aliphatic hydroxyl groups is 1. The lowest BCUT2D eigenvalue weighted by atomic mass is 10.0. The van der Waals surface area contributed by atoms with E-state index in [0.717, 1.165) is 108 Å². The zero-order valence-corrected chi connectivity index (χ0v) is 68.9. The number of aliphatic hydroxyl groups excluding tert-OH is 1. The maximum atomic E-state index is 13.1. The quantitative estimate of drug-likeness (QED) is 0.0222. The van der Waals surface area contributed by atoms with Crippen molar-refractivity contribution in [3.63, 3.8) is 0 Å². The summed E-state index contributed by atoms with van der Waals surface area (Å²) in [4.78, 5) is 73.1. The Bertz CT molecular complexity index is 1970. The second-order valence-electron chi connectivity index (χ2n) is 31.3. The Morgan fingerprint density at radius 2 is 0.451 bits per heavy atom. The van der Waals surface area contributed by atoms with Gasteiger partial charge in [-0.15, -0.1) is 0 Å². The zero-order valence-electron chi connectivity index (χ0n) is 67.1. The van der Waals surface area contributed by atoms with Crippen molar-refractivity contribution >= 4 is 39.5 Å². The van der Waals surface area contributed by atoms with Crippen LogP contribution in [0.25, 0.3) is 0 Å². The predicted molar refractivity (Wildman–Crippen MR) is 418 cm³/mol. The lowest BCUT2D eigenvalue weighted by molar-refractivity contribution is -0.161. The van der Waals surface area contributed by atoms with E-state index in [-0.39, 0.29) is 25.7 Å². The molecule has 606 valence electrons. The second kappa shape index (κ2) is 73.2. The number of ether oxygens (including phenoxy) is 4. The number of phosphoric acid groups is 2. The SMILES string of the molecule is CCCCCCCCCCCCCCCCCCCC(=O)OC[C@H](COP(=O)(O)OC[C@@H](O)COP(=O)(O)OC[C@@H](COC(=O)CCCCCCCCCCC(C)C)OC(=O)CCCCCCCCCCCCCCC(C)C)OC(=O)CCCCCCCCCCCCCCCCCCC(C)C. The maximum absolute atomic E-state index is 13.1. The molecular formula is C83H162O17P2. The van der Waals surface area contributed by atoms with Crippen molar-refractivity contribution in [3.8, 4) is 0 Å². The van der Waals surface area contributed by atoms with Gasteiger partial charge in [0.05, 0.1) is 26.4 Å². The van der Waals surface area contributed by atoms with E-state index >= 15 is 0 Å². The average Bonchev–Trinajstić information content (AvgIpc) is 0.916. The van der Waals surface area contributed by atoms with Gasteiger partial charge >= 0.3 is 39.5 Å². The minimum absolute atomic E-state index is 0.106. The van der Waals surface area contributed by atoms with Gasteiger partial charge in [-0.05, 0) is 43.4 Å². The van der Waals surface area contributed by atoms with E-state index in [4.69, 9.17) is 37.0 Å².